The summed E-state index contributed by atoms with van der Waals surface area (Å²) in [6.45, 7) is 6.37. The van der Waals surface area contributed by atoms with Gasteiger partial charge in [0, 0.05) is 25.3 Å². The number of ether oxygens (including phenoxy) is 1. The molecule has 176 valence electrons. The van der Waals surface area contributed by atoms with Crippen LogP contribution in [0.3, 0.4) is 0 Å². The lowest BCUT2D eigenvalue weighted by molar-refractivity contribution is -0.121. The predicted molar refractivity (Wildman–Crippen MR) is 134 cm³/mol. The summed E-state index contributed by atoms with van der Waals surface area (Å²) in [7, 11) is 0. The Hall–Kier alpha value is -3.80. The van der Waals surface area contributed by atoms with E-state index in [0.29, 0.717) is 32.2 Å². The molecule has 1 N–H and O–H groups in total. The smallest absolute Gasteiger partial charge is 0.325 e. The van der Waals surface area contributed by atoms with Gasteiger partial charge in [-0.2, -0.15) is 0 Å². The molecule has 0 bridgehead atoms. The molecule has 3 aromatic rings. The van der Waals surface area contributed by atoms with Crippen molar-refractivity contribution < 1.29 is 14.3 Å². The minimum atomic E-state index is -0.172. The van der Waals surface area contributed by atoms with Crippen LogP contribution < -0.4 is 15.0 Å². The number of carbonyl (C=O) groups is 2. The molecule has 0 atom stereocenters. The van der Waals surface area contributed by atoms with Crippen LogP contribution in [0, 0.1) is 0 Å². The van der Waals surface area contributed by atoms with E-state index >= 15 is 0 Å². The minimum absolute atomic E-state index is 0.0533. The molecule has 1 heterocycles. The molecule has 1 aliphatic rings. The second kappa shape index (κ2) is 10.9. The van der Waals surface area contributed by atoms with Crippen LogP contribution >= 0.6 is 0 Å². The van der Waals surface area contributed by atoms with Gasteiger partial charge < -0.3 is 15.0 Å². The van der Waals surface area contributed by atoms with Crippen LogP contribution in [-0.4, -0.2) is 36.5 Å². The highest BCUT2D eigenvalue weighted by atomic mass is 16.5. The molecule has 3 aromatic carbocycles. The highest BCUT2D eigenvalue weighted by Crippen LogP contribution is 2.23. The van der Waals surface area contributed by atoms with Crippen molar-refractivity contribution in [2.45, 2.75) is 32.9 Å². The number of hydrogen-bond donors (Lipinski definition) is 1. The van der Waals surface area contributed by atoms with E-state index in [1.807, 2.05) is 66.7 Å². The van der Waals surface area contributed by atoms with Crippen molar-refractivity contribution in [2.24, 2.45) is 0 Å². The van der Waals surface area contributed by atoms with E-state index in [1.54, 1.807) is 9.80 Å². The average Bonchev–Trinajstić information content (AvgIpc) is 3.22. The second-order valence-corrected chi connectivity index (χ2v) is 8.80. The van der Waals surface area contributed by atoms with E-state index < -0.39 is 0 Å². The van der Waals surface area contributed by atoms with E-state index in [0.717, 1.165) is 22.6 Å². The monoisotopic (exact) mass is 457 g/mol. The molecule has 6 heteroatoms. The molecular weight excluding hydrogens is 426 g/mol. The van der Waals surface area contributed by atoms with Gasteiger partial charge in [0.15, 0.2) is 0 Å². The van der Waals surface area contributed by atoms with E-state index in [9.17, 15) is 9.59 Å². The number of hydrogen-bond acceptors (Lipinski definition) is 3. The Morgan fingerprint density at radius 2 is 1.62 bits per heavy atom. The Kier molecular flexibility index (Phi) is 7.48. The van der Waals surface area contributed by atoms with Gasteiger partial charge >= 0.3 is 6.03 Å². The molecule has 6 nitrogen and oxygen atoms in total. The van der Waals surface area contributed by atoms with Crippen molar-refractivity contribution in [3.63, 3.8) is 0 Å². The first-order valence-electron chi connectivity index (χ1n) is 11.7. The quantitative estimate of drug-likeness (QED) is 0.495. The molecule has 4 rings (SSSR count). The number of rotatable bonds is 9. The second-order valence-electron chi connectivity index (χ2n) is 8.80. The van der Waals surface area contributed by atoms with E-state index in [2.05, 4.69) is 31.3 Å². The summed E-state index contributed by atoms with van der Waals surface area (Å²) < 4.78 is 5.80. The van der Waals surface area contributed by atoms with Crippen LogP contribution in [-0.2, 0) is 17.9 Å². The fourth-order valence-corrected chi connectivity index (χ4v) is 3.88. The van der Waals surface area contributed by atoms with Gasteiger partial charge in [0.25, 0.3) is 0 Å². The van der Waals surface area contributed by atoms with E-state index in [-0.39, 0.29) is 18.5 Å². The number of urea groups is 1. The molecule has 1 saturated heterocycles. The number of amides is 3. The molecular formula is C28H31N3O3. The number of anilines is 1. The lowest BCUT2D eigenvalue weighted by Gasteiger charge is -2.19. The zero-order chi connectivity index (χ0) is 23.9. The van der Waals surface area contributed by atoms with Gasteiger partial charge in [0.05, 0.1) is 0 Å². The SMILES string of the molecule is CC(C)c1ccc(N2CCN(CC(=O)NCc3ccc(OCc4ccccc4)cc3)C2=O)cc1. The first-order valence-corrected chi connectivity index (χ1v) is 11.7. The number of benzene rings is 3. The Morgan fingerprint density at radius 3 is 2.29 bits per heavy atom. The van der Waals surface area contributed by atoms with Crippen LogP contribution in [0.1, 0.15) is 36.5 Å². The summed E-state index contributed by atoms with van der Waals surface area (Å²) in [6, 6.07) is 25.6. The van der Waals surface area contributed by atoms with Gasteiger partial charge in [0.1, 0.15) is 18.9 Å². The Bertz CT molecular complexity index is 1100. The predicted octanol–water partition coefficient (Wildman–Crippen LogP) is 4.95. The van der Waals surface area contributed by atoms with Crippen molar-refractivity contribution in [3.05, 3.63) is 95.6 Å². The minimum Gasteiger partial charge on any atom is -0.489 e. The van der Waals surface area contributed by atoms with Crippen LogP contribution in [0.25, 0.3) is 0 Å². The summed E-state index contributed by atoms with van der Waals surface area (Å²) in [6.07, 6.45) is 0. The Morgan fingerprint density at radius 1 is 0.912 bits per heavy atom. The highest BCUT2D eigenvalue weighted by molar-refractivity contribution is 5.96. The molecule has 34 heavy (non-hydrogen) atoms. The topological polar surface area (TPSA) is 61.9 Å². The fraction of sp³-hybridized carbons (Fsp3) is 0.286. The summed E-state index contributed by atoms with van der Waals surface area (Å²) >= 11 is 0. The number of carbonyl (C=O) groups excluding carboxylic acids is 2. The molecule has 0 saturated carbocycles. The van der Waals surface area contributed by atoms with Crippen molar-refractivity contribution in [1.29, 1.82) is 0 Å². The lowest BCUT2D eigenvalue weighted by Crippen LogP contribution is -2.39. The maximum Gasteiger partial charge on any atom is 0.325 e. The van der Waals surface area contributed by atoms with Gasteiger partial charge in [-0.05, 0) is 46.9 Å². The van der Waals surface area contributed by atoms with Gasteiger partial charge in [-0.1, -0.05) is 68.4 Å². The Balaban J connectivity index is 1.22. The summed E-state index contributed by atoms with van der Waals surface area (Å²) in [5, 5.41) is 2.91. The van der Waals surface area contributed by atoms with E-state index in [1.165, 1.54) is 5.56 Å². The molecule has 0 unspecified atom stereocenters. The maximum absolute atomic E-state index is 12.8. The average molecular weight is 458 g/mol. The summed E-state index contributed by atoms with van der Waals surface area (Å²) in [4.78, 5) is 28.6. The largest absolute Gasteiger partial charge is 0.489 e. The van der Waals surface area contributed by atoms with Gasteiger partial charge in [-0.25, -0.2) is 4.79 Å². The van der Waals surface area contributed by atoms with Crippen LogP contribution in [0.15, 0.2) is 78.9 Å². The van der Waals surface area contributed by atoms with Crippen molar-refractivity contribution in [1.82, 2.24) is 10.2 Å². The van der Waals surface area contributed by atoms with Crippen LogP contribution in [0.2, 0.25) is 0 Å². The maximum atomic E-state index is 12.8. The first kappa shape index (κ1) is 23.4. The third-order valence-electron chi connectivity index (χ3n) is 5.96. The number of nitrogens with zero attached hydrogens (tertiary/aromatic N) is 2. The third-order valence-corrected chi connectivity index (χ3v) is 5.96. The lowest BCUT2D eigenvalue weighted by atomic mass is 10.0. The summed E-state index contributed by atoms with van der Waals surface area (Å²) in [5.74, 6) is 1.06. The first-order chi connectivity index (χ1) is 16.5. The molecule has 0 spiro atoms. The molecule has 3 amide bonds. The van der Waals surface area contributed by atoms with Crippen molar-refractivity contribution >= 4 is 17.6 Å². The van der Waals surface area contributed by atoms with Crippen LogP contribution in [0.5, 0.6) is 5.75 Å². The van der Waals surface area contributed by atoms with Gasteiger partial charge in [-0.15, -0.1) is 0 Å². The molecule has 1 fully saturated rings. The molecule has 0 aromatic heterocycles. The van der Waals surface area contributed by atoms with Gasteiger partial charge in [0.2, 0.25) is 5.91 Å². The van der Waals surface area contributed by atoms with Crippen LogP contribution in [0.4, 0.5) is 10.5 Å². The third kappa shape index (κ3) is 5.95. The van der Waals surface area contributed by atoms with Gasteiger partial charge in [-0.3, -0.25) is 9.69 Å². The van der Waals surface area contributed by atoms with Crippen molar-refractivity contribution in [2.75, 3.05) is 24.5 Å². The zero-order valence-electron chi connectivity index (χ0n) is 19.7. The standard InChI is InChI=1S/C28H31N3O3/c1-21(2)24-10-12-25(13-11-24)31-17-16-30(28(31)33)19-27(32)29-18-22-8-14-26(15-9-22)34-20-23-6-4-3-5-7-23/h3-15,21H,16-20H2,1-2H3,(H,29,32). The zero-order valence-corrected chi connectivity index (χ0v) is 19.7. The highest BCUT2D eigenvalue weighted by Gasteiger charge is 2.30. The summed E-state index contributed by atoms with van der Waals surface area (Å²) in [5.41, 5.74) is 4.19. The Labute approximate surface area is 201 Å². The molecule has 1 aliphatic heterocycles. The fourth-order valence-electron chi connectivity index (χ4n) is 3.88. The van der Waals surface area contributed by atoms with Crippen molar-refractivity contribution in [3.8, 4) is 5.75 Å². The normalized spacial score (nSPS) is 13.4. The molecule has 0 radical (unpaired) electrons. The van der Waals surface area contributed by atoms with E-state index in [4.69, 9.17) is 4.74 Å². The molecule has 0 aliphatic carbocycles. The number of nitrogens with one attached hydrogen (secondary N) is 1.